The molecule has 0 radical (unpaired) electrons. The molecule has 0 aliphatic carbocycles. The maximum Gasteiger partial charge on any atom is 0.0675 e. The summed E-state index contributed by atoms with van der Waals surface area (Å²) in [7, 11) is 0. The molecule has 1 aromatic heterocycles. The lowest BCUT2D eigenvalue weighted by molar-refractivity contribution is 0.299. The van der Waals surface area contributed by atoms with Crippen molar-refractivity contribution in [2.45, 2.75) is 6.42 Å². The van der Waals surface area contributed by atoms with Gasteiger partial charge in [0.1, 0.15) is 0 Å². The zero-order chi connectivity index (χ0) is 11.5. The number of aromatic nitrogens is 1. The summed E-state index contributed by atoms with van der Waals surface area (Å²) in [5.74, 6) is 0. The molecule has 4 heteroatoms. The number of halogens is 1. The number of nitrogen functional groups attached to an aromatic ring is 1. The molecule has 0 unspecified atom stereocenters. The predicted octanol–water partition coefficient (Wildman–Crippen LogP) is 2.45. The normalized spacial score (nSPS) is 10.6. The Morgan fingerprint density at radius 1 is 1.31 bits per heavy atom. The Bertz CT molecular complexity index is 480. The van der Waals surface area contributed by atoms with Crippen molar-refractivity contribution in [3.63, 3.8) is 0 Å². The standard InChI is InChI=1S/C12H13ClN2O/c13-11-8(5-7-16)3-4-9(12(11)14)10-2-1-6-15-10/h1-4,6,15-16H,5,7,14H2. The molecule has 0 aliphatic heterocycles. The van der Waals surface area contributed by atoms with Crippen LogP contribution in [0.1, 0.15) is 5.56 Å². The maximum absolute atomic E-state index is 8.88. The molecule has 0 atom stereocenters. The van der Waals surface area contributed by atoms with E-state index in [9.17, 15) is 0 Å². The highest BCUT2D eigenvalue weighted by Crippen LogP contribution is 2.33. The summed E-state index contributed by atoms with van der Waals surface area (Å²) in [5.41, 5.74) is 9.22. The first-order valence-corrected chi connectivity index (χ1v) is 5.43. The minimum absolute atomic E-state index is 0.0704. The maximum atomic E-state index is 8.88. The zero-order valence-corrected chi connectivity index (χ0v) is 9.46. The molecule has 0 saturated heterocycles. The molecule has 0 bridgehead atoms. The average Bonchev–Trinajstić information content (AvgIpc) is 2.79. The quantitative estimate of drug-likeness (QED) is 0.717. The molecular weight excluding hydrogens is 224 g/mol. The molecule has 3 nitrogen and oxygen atoms in total. The highest BCUT2D eigenvalue weighted by atomic mass is 35.5. The van der Waals surface area contributed by atoms with Crippen LogP contribution in [0.4, 0.5) is 5.69 Å². The van der Waals surface area contributed by atoms with Crippen molar-refractivity contribution >= 4 is 17.3 Å². The van der Waals surface area contributed by atoms with E-state index < -0.39 is 0 Å². The van der Waals surface area contributed by atoms with Crippen molar-refractivity contribution in [3.8, 4) is 11.3 Å². The van der Waals surface area contributed by atoms with Crippen LogP contribution >= 0.6 is 11.6 Å². The summed E-state index contributed by atoms with van der Waals surface area (Å²) >= 11 is 6.14. The fraction of sp³-hybridized carbons (Fsp3) is 0.167. The van der Waals surface area contributed by atoms with E-state index in [4.69, 9.17) is 22.4 Å². The van der Waals surface area contributed by atoms with Crippen LogP contribution in [0.15, 0.2) is 30.5 Å². The first-order chi connectivity index (χ1) is 7.74. The molecule has 2 aromatic rings. The second kappa shape index (κ2) is 4.60. The highest BCUT2D eigenvalue weighted by molar-refractivity contribution is 6.34. The van der Waals surface area contributed by atoms with E-state index in [1.807, 2.05) is 30.5 Å². The fourth-order valence-corrected chi connectivity index (χ4v) is 1.94. The molecule has 1 aromatic carbocycles. The lowest BCUT2D eigenvalue weighted by atomic mass is 10.0. The first kappa shape index (κ1) is 11.0. The van der Waals surface area contributed by atoms with Crippen LogP contribution in [0.3, 0.4) is 0 Å². The van der Waals surface area contributed by atoms with Crippen molar-refractivity contribution in [2.24, 2.45) is 0 Å². The van der Waals surface area contributed by atoms with Crippen molar-refractivity contribution in [2.75, 3.05) is 12.3 Å². The SMILES string of the molecule is Nc1c(-c2ccc[nH]2)ccc(CCO)c1Cl. The van der Waals surface area contributed by atoms with Crippen LogP contribution in [0.25, 0.3) is 11.3 Å². The molecule has 84 valence electrons. The number of aliphatic hydroxyl groups excluding tert-OH is 1. The van der Waals surface area contributed by atoms with Crippen LogP contribution in [0.5, 0.6) is 0 Å². The van der Waals surface area contributed by atoms with E-state index in [0.29, 0.717) is 17.1 Å². The molecule has 0 aliphatic rings. The van der Waals surface area contributed by atoms with Crippen molar-refractivity contribution in [1.82, 2.24) is 4.98 Å². The summed E-state index contributed by atoms with van der Waals surface area (Å²) < 4.78 is 0. The van der Waals surface area contributed by atoms with Gasteiger partial charge < -0.3 is 15.8 Å². The Kier molecular flexibility index (Phi) is 3.17. The van der Waals surface area contributed by atoms with Gasteiger partial charge >= 0.3 is 0 Å². The number of hydrogen-bond acceptors (Lipinski definition) is 2. The van der Waals surface area contributed by atoms with Gasteiger partial charge in [-0.25, -0.2) is 0 Å². The number of benzene rings is 1. The third kappa shape index (κ3) is 1.92. The highest BCUT2D eigenvalue weighted by Gasteiger charge is 2.10. The van der Waals surface area contributed by atoms with E-state index in [0.717, 1.165) is 16.8 Å². The van der Waals surface area contributed by atoms with Crippen molar-refractivity contribution in [1.29, 1.82) is 0 Å². The van der Waals surface area contributed by atoms with Crippen LogP contribution in [-0.2, 0) is 6.42 Å². The number of hydrogen-bond donors (Lipinski definition) is 3. The van der Waals surface area contributed by atoms with Gasteiger partial charge in [-0.15, -0.1) is 0 Å². The number of nitrogens with one attached hydrogen (secondary N) is 1. The summed E-state index contributed by atoms with van der Waals surface area (Å²) in [5, 5.41) is 9.41. The van der Waals surface area contributed by atoms with Crippen LogP contribution in [0, 0.1) is 0 Å². The first-order valence-electron chi connectivity index (χ1n) is 5.05. The third-order valence-corrected chi connectivity index (χ3v) is 2.98. The van der Waals surface area contributed by atoms with Crippen LogP contribution in [0.2, 0.25) is 5.02 Å². The van der Waals surface area contributed by atoms with Gasteiger partial charge in [0, 0.05) is 24.1 Å². The van der Waals surface area contributed by atoms with Crippen LogP contribution < -0.4 is 5.73 Å². The molecule has 1 heterocycles. The van der Waals surface area contributed by atoms with Gasteiger partial charge in [-0.1, -0.05) is 23.7 Å². The Hall–Kier alpha value is -1.45. The second-order valence-corrected chi connectivity index (χ2v) is 3.94. The number of anilines is 1. The largest absolute Gasteiger partial charge is 0.397 e. The summed E-state index contributed by atoms with van der Waals surface area (Å²) in [6.45, 7) is 0.0704. The van der Waals surface area contributed by atoms with E-state index >= 15 is 0 Å². The third-order valence-electron chi connectivity index (χ3n) is 2.53. The van der Waals surface area contributed by atoms with Gasteiger partial charge in [-0.3, -0.25) is 0 Å². The molecular formula is C12H13ClN2O. The molecule has 16 heavy (non-hydrogen) atoms. The van der Waals surface area contributed by atoms with Gasteiger partial charge in [-0.05, 0) is 24.1 Å². The van der Waals surface area contributed by atoms with Crippen LogP contribution in [-0.4, -0.2) is 16.7 Å². The van der Waals surface area contributed by atoms with Crippen molar-refractivity contribution in [3.05, 3.63) is 41.0 Å². The summed E-state index contributed by atoms with van der Waals surface area (Å²) in [6.07, 6.45) is 2.36. The van der Waals surface area contributed by atoms with E-state index in [-0.39, 0.29) is 6.61 Å². The van der Waals surface area contributed by atoms with Crippen molar-refractivity contribution < 1.29 is 5.11 Å². The Labute approximate surface area is 98.9 Å². The Morgan fingerprint density at radius 3 is 2.75 bits per heavy atom. The average molecular weight is 237 g/mol. The molecule has 0 fully saturated rings. The van der Waals surface area contributed by atoms with Gasteiger partial charge in [0.2, 0.25) is 0 Å². The lowest BCUT2D eigenvalue weighted by Gasteiger charge is -2.10. The fourth-order valence-electron chi connectivity index (χ4n) is 1.68. The molecule has 4 N–H and O–H groups in total. The van der Waals surface area contributed by atoms with Gasteiger partial charge in [0.15, 0.2) is 0 Å². The predicted molar refractivity (Wildman–Crippen MR) is 66.4 cm³/mol. The minimum Gasteiger partial charge on any atom is -0.397 e. The minimum atomic E-state index is 0.0704. The number of aliphatic hydroxyl groups is 1. The number of nitrogens with two attached hydrogens (primary N) is 1. The van der Waals surface area contributed by atoms with Gasteiger partial charge in [0.25, 0.3) is 0 Å². The summed E-state index contributed by atoms with van der Waals surface area (Å²) in [6, 6.07) is 7.65. The van der Waals surface area contributed by atoms with Gasteiger partial charge in [0.05, 0.1) is 10.7 Å². The number of rotatable bonds is 3. The van der Waals surface area contributed by atoms with E-state index in [1.165, 1.54) is 0 Å². The molecule has 0 saturated carbocycles. The number of H-pyrrole nitrogens is 1. The van der Waals surface area contributed by atoms with E-state index in [1.54, 1.807) is 0 Å². The molecule has 0 spiro atoms. The topological polar surface area (TPSA) is 62.0 Å². The Morgan fingerprint density at radius 2 is 2.12 bits per heavy atom. The molecule has 2 rings (SSSR count). The second-order valence-electron chi connectivity index (χ2n) is 3.56. The summed E-state index contributed by atoms with van der Waals surface area (Å²) in [4.78, 5) is 3.08. The smallest absolute Gasteiger partial charge is 0.0675 e. The monoisotopic (exact) mass is 236 g/mol. The molecule has 0 amide bonds. The lowest BCUT2D eigenvalue weighted by Crippen LogP contribution is -1.98. The van der Waals surface area contributed by atoms with Gasteiger partial charge in [-0.2, -0.15) is 0 Å². The Balaban J connectivity index is 2.47. The number of aromatic amines is 1. The van der Waals surface area contributed by atoms with E-state index in [2.05, 4.69) is 4.98 Å². The zero-order valence-electron chi connectivity index (χ0n) is 8.70.